The summed E-state index contributed by atoms with van der Waals surface area (Å²) < 4.78 is 0. The van der Waals surface area contributed by atoms with Crippen LogP contribution in [0.2, 0.25) is 0 Å². The van der Waals surface area contributed by atoms with Crippen molar-refractivity contribution < 1.29 is 4.79 Å². The Morgan fingerprint density at radius 3 is 2.35 bits per heavy atom. The van der Waals surface area contributed by atoms with Crippen molar-refractivity contribution in [2.75, 3.05) is 11.4 Å². The second-order valence-electron chi connectivity index (χ2n) is 6.49. The molecule has 0 aromatic heterocycles. The molecule has 2 heteroatoms. The first-order valence-corrected chi connectivity index (χ1v) is 7.41. The van der Waals surface area contributed by atoms with E-state index in [0.29, 0.717) is 5.92 Å². The number of hydrogen-bond donors (Lipinski definition) is 0. The molecule has 0 bridgehead atoms. The summed E-state index contributed by atoms with van der Waals surface area (Å²) >= 11 is 0. The Kier molecular flexibility index (Phi) is 4.03. The lowest BCUT2D eigenvalue weighted by molar-refractivity contribution is -0.120. The molecule has 20 heavy (non-hydrogen) atoms. The third kappa shape index (κ3) is 2.65. The van der Waals surface area contributed by atoms with Gasteiger partial charge in [0, 0.05) is 12.2 Å². The van der Waals surface area contributed by atoms with Crippen molar-refractivity contribution in [3.05, 3.63) is 42.0 Å². The van der Waals surface area contributed by atoms with Gasteiger partial charge in [0.05, 0.1) is 5.92 Å². The molecule has 0 spiro atoms. The summed E-state index contributed by atoms with van der Waals surface area (Å²) in [6.07, 6.45) is 2.25. The molecule has 0 N–H and O–H groups in total. The van der Waals surface area contributed by atoms with Gasteiger partial charge in [-0.3, -0.25) is 4.79 Å². The average molecular weight is 271 g/mol. The number of amides is 1. The maximum Gasteiger partial charge on any atom is 0.231 e. The summed E-state index contributed by atoms with van der Waals surface area (Å²) in [6, 6.07) is 9.96. The van der Waals surface area contributed by atoms with E-state index in [0.717, 1.165) is 12.2 Å². The van der Waals surface area contributed by atoms with Crippen LogP contribution in [0.3, 0.4) is 0 Å². The van der Waals surface area contributed by atoms with Gasteiger partial charge in [0.25, 0.3) is 0 Å². The zero-order valence-electron chi connectivity index (χ0n) is 13.2. The highest BCUT2D eigenvalue weighted by molar-refractivity contribution is 5.97. The predicted molar refractivity (Wildman–Crippen MR) is 84.7 cm³/mol. The Morgan fingerprint density at radius 1 is 1.25 bits per heavy atom. The van der Waals surface area contributed by atoms with E-state index in [9.17, 15) is 4.79 Å². The van der Waals surface area contributed by atoms with Crippen LogP contribution >= 0.6 is 0 Å². The van der Waals surface area contributed by atoms with Gasteiger partial charge in [-0.15, -0.1) is 0 Å². The van der Waals surface area contributed by atoms with Crippen LogP contribution in [0.15, 0.2) is 42.0 Å². The van der Waals surface area contributed by atoms with E-state index in [4.69, 9.17) is 0 Å². The molecule has 108 valence electrons. The van der Waals surface area contributed by atoms with Crippen LogP contribution in [0.1, 0.15) is 34.6 Å². The number of para-hydroxylation sites is 1. The molecule has 2 atom stereocenters. The number of carbonyl (C=O) groups excluding carboxylic acids is 1. The fourth-order valence-corrected chi connectivity index (χ4v) is 3.06. The van der Waals surface area contributed by atoms with Crippen molar-refractivity contribution in [3.63, 3.8) is 0 Å². The molecule has 1 aliphatic carbocycles. The fourth-order valence-electron chi connectivity index (χ4n) is 3.06. The van der Waals surface area contributed by atoms with Crippen LogP contribution in [0.25, 0.3) is 0 Å². The van der Waals surface area contributed by atoms with E-state index >= 15 is 0 Å². The van der Waals surface area contributed by atoms with Crippen LogP contribution in [0.4, 0.5) is 5.69 Å². The second-order valence-corrected chi connectivity index (χ2v) is 6.49. The largest absolute Gasteiger partial charge is 0.312 e. The van der Waals surface area contributed by atoms with Gasteiger partial charge in [-0.25, -0.2) is 0 Å². The number of anilines is 1. The van der Waals surface area contributed by atoms with Crippen molar-refractivity contribution in [2.24, 2.45) is 17.3 Å². The van der Waals surface area contributed by atoms with E-state index in [2.05, 4.69) is 33.8 Å². The Labute approximate surface area is 122 Å². The molecule has 1 aliphatic rings. The van der Waals surface area contributed by atoms with Gasteiger partial charge in [-0.1, -0.05) is 43.7 Å². The molecule has 1 saturated carbocycles. The third-order valence-corrected chi connectivity index (χ3v) is 4.34. The van der Waals surface area contributed by atoms with E-state index in [-0.39, 0.29) is 17.2 Å². The van der Waals surface area contributed by atoms with Crippen LogP contribution in [0, 0.1) is 17.3 Å². The minimum atomic E-state index is 0.0799. The molecule has 0 heterocycles. The highest BCUT2D eigenvalue weighted by Gasteiger charge is 2.61. The van der Waals surface area contributed by atoms with Crippen LogP contribution in [-0.4, -0.2) is 12.5 Å². The van der Waals surface area contributed by atoms with Crippen LogP contribution in [0.5, 0.6) is 0 Å². The first-order valence-electron chi connectivity index (χ1n) is 7.41. The molecule has 2 nitrogen and oxygen atoms in total. The van der Waals surface area contributed by atoms with Crippen molar-refractivity contribution in [1.29, 1.82) is 0 Å². The molecule has 2 unspecified atom stereocenters. The van der Waals surface area contributed by atoms with Gasteiger partial charge in [0.1, 0.15) is 0 Å². The lowest BCUT2D eigenvalue weighted by atomic mass is 10.1. The van der Waals surface area contributed by atoms with Gasteiger partial charge < -0.3 is 4.90 Å². The second kappa shape index (κ2) is 5.43. The number of benzene rings is 1. The van der Waals surface area contributed by atoms with Crippen LogP contribution < -0.4 is 4.90 Å². The number of hydrogen-bond acceptors (Lipinski definition) is 1. The lowest BCUT2D eigenvalue weighted by Crippen LogP contribution is -2.33. The molecule has 1 aromatic carbocycles. The number of rotatable bonds is 4. The molecule has 0 radical (unpaired) electrons. The van der Waals surface area contributed by atoms with E-state index in [1.807, 2.05) is 42.2 Å². The molecule has 0 aliphatic heterocycles. The fraction of sp³-hybridized carbons (Fsp3) is 0.500. The molecule has 0 saturated heterocycles. The average Bonchev–Trinajstić information content (AvgIpc) is 2.92. The Bertz CT molecular complexity index is 511. The Balaban J connectivity index is 2.21. The first kappa shape index (κ1) is 14.8. The Morgan fingerprint density at radius 2 is 1.85 bits per heavy atom. The van der Waals surface area contributed by atoms with Crippen molar-refractivity contribution in [1.82, 2.24) is 0 Å². The van der Waals surface area contributed by atoms with Crippen molar-refractivity contribution >= 4 is 11.6 Å². The predicted octanol–water partition coefficient (Wildman–Crippen LogP) is 4.28. The minimum Gasteiger partial charge on any atom is -0.312 e. The molecule has 1 fully saturated rings. The zero-order chi connectivity index (χ0) is 14.9. The topological polar surface area (TPSA) is 20.3 Å². The minimum absolute atomic E-state index is 0.0799. The first-order chi connectivity index (χ1) is 9.39. The SMILES string of the molecule is CCN(C(=O)C1C(C=C(C)C)C1(C)C)c1ccccc1. The summed E-state index contributed by atoms with van der Waals surface area (Å²) in [7, 11) is 0. The van der Waals surface area contributed by atoms with Gasteiger partial charge in [-0.05, 0) is 44.2 Å². The number of allylic oxidation sites excluding steroid dienone is 2. The summed E-state index contributed by atoms with van der Waals surface area (Å²) in [5, 5.41) is 0. The molecule has 1 amide bonds. The lowest BCUT2D eigenvalue weighted by Gasteiger charge is -2.21. The van der Waals surface area contributed by atoms with Crippen molar-refractivity contribution in [3.8, 4) is 0 Å². The van der Waals surface area contributed by atoms with E-state index in [1.165, 1.54) is 5.57 Å². The number of carbonyl (C=O) groups is 1. The van der Waals surface area contributed by atoms with Gasteiger partial charge in [0.2, 0.25) is 5.91 Å². The Hall–Kier alpha value is -1.57. The number of nitrogens with zero attached hydrogens (tertiary/aromatic N) is 1. The maximum atomic E-state index is 12.8. The standard InChI is InChI=1S/C18H25NO/c1-6-19(14-10-8-7-9-11-14)17(20)16-15(12-13(2)3)18(16,4)5/h7-12,15-16H,6H2,1-5H3. The highest BCUT2D eigenvalue weighted by Crippen LogP contribution is 2.60. The van der Waals surface area contributed by atoms with Crippen LogP contribution in [-0.2, 0) is 4.79 Å². The maximum absolute atomic E-state index is 12.8. The smallest absolute Gasteiger partial charge is 0.231 e. The highest BCUT2D eigenvalue weighted by atomic mass is 16.2. The quantitative estimate of drug-likeness (QED) is 0.749. The summed E-state index contributed by atoms with van der Waals surface area (Å²) in [6.45, 7) is 11.3. The molecule has 2 rings (SSSR count). The van der Waals surface area contributed by atoms with Gasteiger partial charge in [0.15, 0.2) is 0 Å². The molecular weight excluding hydrogens is 246 g/mol. The zero-order valence-corrected chi connectivity index (χ0v) is 13.2. The normalized spacial score (nSPS) is 23.1. The summed E-state index contributed by atoms with van der Waals surface area (Å²) in [4.78, 5) is 14.7. The van der Waals surface area contributed by atoms with Gasteiger partial charge >= 0.3 is 0 Å². The summed E-state index contributed by atoms with van der Waals surface area (Å²) in [5.41, 5.74) is 2.37. The summed E-state index contributed by atoms with van der Waals surface area (Å²) in [5.74, 6) is 0.738. The molecular formula is C18H25NO. The van der Waals surface area contributed by atoms with Gasteiger partial charge in [-0.2, -0.15) is 0 Å². The molecule has 1 aromatic rings. The monoisotopic (exact) mass is 271 g/mol. The van der Waals surface area contributed by atoms with E-state index in [1.54, 1.807) is 0 Å². The van der Waals surface area contributed by atoms with Crippen molar-refractivity contribution in [2.45, 2.75) is 34.6 Å². The van der Waals surface area contributed by atoms with E-state index < -0.39 is 0 Å². The third-order valence-electron chi connectivity index (χ3n) is 4.34.